The Morgan fingerprint density at radius 3 is 2.78 bits per heavy atom. The van der Waals surface area contributed by atoms with Crippen molar-refractivity contribution in [1.29, 1.82) is 0 Å². The molecule has 0 aliphatic heterocycles. The van der Waals surface area contributed by atoms with Gasteiger partial charge in [0, 0.05) is 12.3 Å². The van der Waals surface area contributed by atoms with E-state index in [1.165, 1.54) is 18.3 Å². The molecule has 1 heterocycles. The van der Waals surface area contributed by atoms with E-state index in [0.717, 1.165) is 0 Å². The van der Waals surface area contributed by atoms with Gasteiger partial charge in [0.2, 0.25) is 0 Å². The zero-order valence-electron chi connectivity index (χ0n) is 10.2. The minimum Gasteiger partial charge on any atom is -0.465 e. The molecule has 0 atom stereocenters. The molecule has 0 aliphatic carbocycles. The predicted molar refractivity (Wildman–Crippen MR) is 60.4 cm³/mol. The zero-order valence-corrected chi connectivity index (χ0v) is 10.2. The van der Waals surface area contributed by atoms with Gasteiger partial charge in [0.25, 0.3) is 0 Å². The smallest absolute Gasteiger partial charge is 0.387 e. The second-order valence-electron chi connectivity index (χ2n) is 4.12. The van der Waals surface area contributed by atoms with Crippen molar-refractivity contribution in [2.75, 3.05) is 6.61 Å². The van der Waals surface area contributed by atoms with Gasteiger partial charge in [-0.3, -0.25) is 9.78 Å². The van der Waals surface area contributed by atoms with E-state index in [1.807, 2.05) is 13.8 Å². The number of hydrogen-bond donors (Lipinski definition) is 0. The van der Waals surface area contributed by atoms with E-state index in [9.17, 15) is 13.6 Å². The Labute approximate surface area is 104 Å². The monoisotopic (exact) mass is 259 g/mol. The van der Waals surface area contributed by atoms with E-state index in [2.05, 4.69) is 9.72 Å². The van der Waals surface area contributed by atoms with E-state index in [0.29, 0.717) is 12.3 Å². The highest BCUT2D eigenvalue weighted by molar-refractivity contribution is 5.72. The minimum absolute atomic E-state index is 0.0216. The number of carbonyl (C=O) groups is 1. The highest BCUT2D eigenvalue weighted by atomic mass is 19.3. The molecule has 0 bridgehead atoms. The number of rotatable bonds is 6. The first kappa shape index (κ1) is 14.3. The molecule has 0 saturated heterocycles. The number of pyridine rings is 1. The van der Waals surface area contributed by atoms with Gasteiger partial charge in [0.1, 0.15) is 5.75 Å². The lowest BCUT2D eigenvalue weighted by molar-refractivity contribution is -0.143. The number of hydrogen-bond acceptors (Lipinski definition) is 4. The standard InChI is InChI=1S/C12H15F2NO3/c1-8(2)7-17-11(16)6-9-5-10(3-4-15-9)18-12(13)14/h3-5,8,12H,6-7H2,1-2H3. The zero-order chi connectivity index (χ0) is 13.5. The summed E-state index contributed by atoms with van der Waals surface area (Å²) in [5.41, 5.74) is 0.335. The predicted octanol–water partition coefficient (Wildman–Crippen LogP) is 2.42. The first-order valence-corrected chi connectivity index (χ1v) is 5.52. The molecule has 0 fully saturated rings. The van der Waals surface area contributed by atoms with Gasteiger partial charge < -0.3 is 9.47 Å². The van der Waals surface area contributed by atoms with Crippen molar-refractivity contribution in [1.82, 2.24) is 4.98 Å². The number of carbonyl (C=O) groups excluding carboxylic acids is 1. The Kier molecular flexibility index (Phi) is 5.48. The molecule has 18 heavy (non-hydrogen) atoms. The fourth-order valence-corrected chi connectivity index (χ4v) is 1.19. The van der Waals surface area contributed by atoms with Crippen LogP contribution in [0.1, 0.15) is 19.5 Å². The quantitative estimate of drug-likeness (QED) is 0.736. The van der Waals surface area contributed by atoms with Crippen LogP contribution in [0.4, 0.5) is 8.78 Å². The Hall–Kier alpha value is -1.72. The van der Waals surface area contributed by atoms with Crippen molar-refractivity contribution in [3.05, 3.63) is 24.0 Å². The van der Waals surface area contributed by atoms with Crippen molar-refractivity contribution < 1.29 is 23.0 Å². The van der Waals surface area contributed by atoms with Crippen molar-refractivity contribution in [2.24, 2.45) is 5.92 Å². The summed E-state index contributed by atoms with van der Waals surface area (Å²) in [5.74, 6) is -0.215. The average molecular weight is 259 g/mol. The summed E-state index contributed by atoms with van der Waals surface area (Å²) in [5, 5.41) is 0. The summed E-state index contributed by atoms with van der Waals surface area (Å²) >= 11 is 0. The van der Waals surface area contributed by atoms with Crippen molar-refractivity contribution in [3.63, 3.8) is 0 Å². The summed E-state index contributed by atoms with van der Waals surface area (Å²) in [7, 11) is 0. The second-order valence-corrected chi connectivity index (χ2v) is 4.12. The summed E-state index contributed by atoms with van der Waals surface area (Å²) in [6.07, 6.45) is 1.25. The molecule has 0 saturated carbocycles. The fourth-order valence-electron chi connectivity index (χ4n) is 1.19. The summed E-state index contributed by atoms with van der Waals surface area (Å²) in [6.45, 7) is 1.27. The molecule has 0 radical (unpaired) electrons. The van der Waals surface area contributed by atoms with Crippen LogP contribution in [0, 0.1) is 5.92 Å². The molecule has 0 aliphatic rings. The number of esters is 1. The normalized spacial score (nSPS) is 10.8. The van der Waals surface area contributed by atoms with E-state index in [1.54, 1.807) is 0 Å². The fraction of sp³-hybridized carbons (Fsp3) is 0.500. The second kappa shape index (κ2) is 6.88. The van der Waals surface area contributed by atoms with E-state index in [4.69, 9.17) is 4.74 Å². The number of nitrogens with zero attached hydrogens (tertiary/aromatic N) is 1. The molecule has 1 rings (SSSR count). The van der Waals surface area contributed by atoms with Gasteiger partial charge in [-0.1, -0.05) is 13.8 Å². The summed E-state index contributed by atoms with van der Waals surface area (Å²) in [4.78, 5) is 15.3. The SMILES string of the molecule is CC(C)COC(=O)Cc1cc(OC(F)F)ccn1. The van der Waals surface area contributed by atoms with Crippen LogP contribution in [0.2, 0.25) is 0 Å². The van der Waals surface area contributed by atoms with Gasteiger partial charge in [-0.2, -0.15) is 8.78 Å². The van der Waals surface area contributed by atoms with Crippen molar-refractivity contribution in [3.8, 4) is 5.75 Å². The third-order valence-corrected chi connectivity index (χ3v) is 1.92. The minimum atomic E-state index is -2.90. The van der Waals surface area contributed by atoms with Gasteiger partial charge in [-0.15, -0.1) is 0 Å². The molecule has 0 unspecified atom stereocenters. The lowest BCUT2D eigenvalue weighted by atomic mass is 10.2. The van der Waals surface area contributed by atoms with Crippen LogP contribution in [0.25, 0.3) is 0 Å². The van der Waals surface area contributed by atoms with Crippen LogP contribution in [-0.2, 0) is 16.0 Å². The highest BCUT2D eigenvalue weighted by Crippen LogP contribution is 2.14. The maximum absolute atomic E-state index is 12.0. The van der Waals surface area contributed by atoms with Crippen molar-refractivity contribution in [2.45, 2.75) is 26.9 Å². The first-order valence-electron chi connectivity index (χ1n) is 5.52. The molecule has 0 aromatic carbocycles. The lowest BCUT2D eigenvalue weighted by Crippen LogP contribution is -2.13. The van der Waals surface area contributed by atoms with Crippen LogP contribution in [-0.4, -0.2) is 24.2 Å². The number of ether oxygens (including phenoxy) is 2. The van der Waals surface area contributed by atoms with Crippen LogP contribution in [0.15, 0.2) is 18.3 Å². The number of aromatic nitrogens is 1. The van der Waals surface area contributed by atoms with Crippen LogP contribution in [0.5, 0.6) is 5.75 Å². The van der Waals surface area contributed by atoms with Crippen LogP contribution in [0.3, 0.4) is 0 Å². The Morgan fingerprint density at radius 2 is 2.17 bits per heavy atom. The molecule has 1 aromatic heterocycles. The van der Waals surface area contributed by atoms with E-state index in [-0.39, 0.29) is 18.1 Å². The van der Waals surface area contributed by atoms with Gasteiger partial charge >= 0.3 is 12.6 Å². The van der Waals surface area contributed by atoms with Gasteiger partial charge in [0.15, 0.2) is 0 Å². The topological polar surface area (TPSA) is 48.4 Å². The molecule has 6 heteroatoms. The molecular formula is C12H15F2NO3. The third-order valence-electron chi connectivity index (χ3n) is 1.92. The molecule has 0 spiro atoms. The van der Waals surface area contributed by atoms with E-state index < -0.39 is 12.6 Å². The van der Waals surface area contributed by atoms with Crippen molar-refractivity contribution >= 4 is 5.97 Å². The molecule has 0 N–H and O–H groups in total. The average Bonchev–Trinajstić information content (AvgIpc) is 2.26. The largest absolute Gasteiger partial charge is 0.465 e. The number of alkyl halides is 2. The maximum Gasteiger partial charge on any atom is 0.387 e. The van der Waals surface area contributed by atoms with E-state index >= 15 is 0 Å². The molecule has 0 amide bonds. The van der Waals surface area contributed by atoms with Gasteiger partial charge in [-0.05, 0) is 12.0 Å². The molecular weight excluding hydrogens is 244 g/mol. The maximum atomic E-state index is 12.0. The van der Waals surface area contributed by atoms with Crippen LogP contribution < -0.4 is 4.74 Å². The van der Waals surface area contributed by atoms with Crippen LogP contribution >= 0.6 is 0 Å². The lowest BCUT2D eigenvalue weighted by Gasteiger charge is -2.08. The highest BCUT2D eigenvalue weighted by Gasteiger charge is 2.10. The Balaban J connectivity index is 2.53. The van der Waals surface area contributed by atoms with Gasteiger partial charge in [-0.25, -0.2) is 0 Å². The third kappa shape index (κ3) is 5.56. The summed E-state index contributed by atoms with van der Waals surface area (Å²) < 4.78 is 33.1. The Morgan fingerprint density at radius 1 is 1.44 bits per heavy atom. The molecule has 4 nitrogen and oxygen atoms in total. The first-order chi connectivity index (χ1) is 8.47. The number of halogens is 2. The summed E-state index contributed by atoms with van der Waals surface area (Å²) in [6, 6.07) is 2.60. The van der Waals surface area contributed by atoms with Gasteiger partial charge in [0.05, 0.1) is 18.7 Å². The molecule has 100 valence electrons. The molecule has 1 aromatic rings. The Bertz CT molecular complexity index is 397.